The number of carbonyl (C=O) groups excluding carboxylic acids is 1. The van der Waals surface area contributed by atoms with E-state index in [0.717, 1.165) is 60.1 Å². The molecule has 1 saturated heterocycles. The fourth-order valence-corrected chi connectivity index (χ4v) is 4.36. The van der Waals surface area contributed by atoms with Gasteiger partial charge in [0.25, 0.3) is 0 Å². The van der Waals surface area contributed by atoms with Gasteiger partial charge in [0.2, 0.25) is 11.9 Å². The topological polar surface area (TPSA) is 98.6 Å². The van der Waals surface area contributed by atoms with Crippen molar-refractivity contribution in [1.29, 1.82) is 0 Å². The lowest BCUT2D eigenvalue weighted by molar-refractivity contribution is -0.114. The molecule has 0 spiro atoms. The summed E-state index contributed by atoms with van der Waals surface area (Å²) in [6, 6.07) is 11.8. The SMILES string of the molecule is CC(C)C1=NCC(=O)Nc2ccc(-c3ccnc(Nc4ccc(N5CCN(C)CC5)cn4)n3)cc21. The van der Waals surface area contributed by atoms with Crippen LogP contribution in [0.3, 0.4) is 0 Å². The quantitative estimate of drug-likeness (QED) is 0.589. The molecular weight excluding hydrogens is 440 g/mol. The summed E-state index contributed by atoms with van der Waals surface area (Å²) in [4.78, 5) is 34.9. The van der Waals surface area contributed by atoms with Gasteiger partial charge >= 0.3 is 0 Å². The van der Waals surface area contributed by atoms with Crippen molar-refractivity contribution < 1.29 is 4.79 Å². The second kappa shape index (κ2) is 9.79. The number of rotatable bonds is 5. The maximum absolute atomic E-state index is 12.1. The molecule has 2 N–H and O–H groups in total. The molecule has 0 saturated carbocycles. The lowest BCUT2D eigenvalue weighted by Gasteiger charge is -2.33. The fourth-order valence-electron chi connectivity index (χ4n) is 4.36. The second-order valence-corrected chi connectivity index (χ2v) is 9.25. The van der Waals surface area contributed by atoms with Crippen molar-refractivity contribution in [1.82, 2.24) is 19.9 Å². The molecule has 0 radical (unpaired) electrons. The minimum absolute atomic E-state index is 0.102. The van der Waals surface area contributed by atoms with Gasteiger partial charge in [-0.2, -0.15) is 0 Å². The fraction of sp³-hybridized carbons (Fsp3) is 0.346. The van der Waals surface area contributed by atoms with Crippen molar-refractivity contribution in [2.45, 2.75) is 13.8 Å². The molecule has 2 aliphatic heterocycles. The normalized spacial score (nSPS) is 16.4. The first-order valence-corrected chi connectivity index (χ1v) is 11.9. The summed E-state index contributed by atoms with van der Waals surface area (Å²) in [5.74, 6) is 1.26. The summed E-state index contributed by atoms with van der Waals surface area (Å²) in [5.41, 5.74) is 5.45. The Morgan fingerprint density at radius 2 is 1.86 bits per heavy atom. The van der Waals surface area contributed by atoms with Crippen molar-refractivity contribution in [2.24, 2.45) is 10.9 Å². The minimum Gasteiger partial charge on any atom is -0.368 e. The van der Waals surface area contributed by atoms with Crippen molar-refractivity contribution in [3.63, 3.8) is 0 Å². The van der Waals surface area contributed by atoms with Gasteiger partial charge in [0, 0.05) is 54.9 Å². The van der Waals surface area contributed by atoms with E-state index in [4.69, 9.17) is 4.98 Å². The second-order valence-electron chi connectivity index (χ2n) is 9.25. The molecule has 9 nitrogen and oxygen atoms in total. The van der Waals surface area contributed by atoms with E-state index in [0.29, 0.717) is 11.8 Å². The summed E-state index contributed by atoms with van der Waals surface area (Å²) < 4.78 is 0. The molecule has 5 rings (SSSR count). The molecule has 0 unspecified atom stereocenters. The molecule has 4 heterocycles. The maximum atomic E-state index is 12.1. The Bertz CT molecular complexity index is 1250. The average Bonchev–Trinajstić information content (AvgIpc) is 3.03. The Labute approximate surface area is 205 Å². The number of anilines is 4. The van der Waals surface area contributed by atoms with Crippen LogP contribution in [0, 0.1) is 5.92 Å². The number of aliphatic imine (C=N–C) groups is 1. The van der Waals surface area contributed by atoms with Crippen LogP contribution in [0.25, 0.3) is 11.3 Å². The molecular formula is C26H30N8O. The van der Waals surface area contributed by atoms with Gasteiger partial charge in [-0.15, -0.1) is 0 Å². The Kier molecular flexibility index (Phi) is 6.41. The summed E-state index contributed by atoms with van der Waals surface area (Å²) in [6.45, 7) is 8.42. The van der Waals surface area contributed by atoms with Gasteiger partial charge in [0.1, 0.15) is 12.4 Å². The zero-order valence-electron chi connectivity index (χ0n) is 20.3. The molecule has 9 heteroatoms. The zero-order chi connectivity index (χ0) is 24.4. The molecule has 2 aromatic heterocycles. The molecule has 1 amide bonds. The number of piperazine rings is 1. The lowest BCUT2D eigenvalue weighted by atomic mass is 9.95. The zero-order valence-corrected chi connectivity index (χ0v) is 20.3. The third-order valence-corrected chi connectivity index (χ3v) is 6.32. The molecule has 0 atom stereocenters. The van der Waals surface area contributed by atoms with E-state index >= 15 is 0 Å². The number of nitrogens with zero attached hydrogens (tertiary/aromatic N) is 6. The van der Waals surface area contributed by atoms with Gasteiger partial charge in [-0.25, -0.2) is 15.0 Å². The van der Waals surface area contributed by atoms with E-state index in [1.165, 1.54) is 0 Å². The van der Waals surface area contributed by atoms with Crippen LogP contribution in [0.5, 0.6) is 0 Å². The number of benzodiazepines with no additional fused rings is 1. The van der Waals surface area contributed by atoms with E-state index < -0.39 is 0 Å². The molecule has 0 bridgehead atoms. The standard InChI is InChI=1S/C26H30N8O/c1-17(2)25-20-14-18(4-6-22(20)30-24(35)16-29-25)21-8-9-27-26(31-21)32-23-7-5-19(15-28-23)34-12-10-33(3)11-13-34/h4-9,14-15,17H,10-13,16H2,1-3H3,(H,30,35)(H,27,28,31,32). The predicted molar refractivity (Wildman–Crippen MR) is 140 cm³/mol. The van der Waals surface area contributed by atoms with E-state index in [-0.39, 0.29) is 18.4 Å². The Morgan fingerprint density at radius 1 is 1.03 bits per heavy atom. The Hall–Kier alpha value is -3.85. The number of pyridine rings is 1. The summed E-state index contributed by atoms with van der Waals surface area (Å²) >= 11 is 0. The number of hydrogen-bond acceptors (Lipinski definition) is 8. The van der Waals surface area contributed by atoms with Crippen LogP contribution in [0.4, 0.5) is 23.1 Å². The molecule has 1 fully saturated rings. The predicted octanol–water partition coefficient (Wildman–Crippen LogP) is 3.43. The number of nitrogens with one attached hydrogen (secondary N) is 2. The van der Waals surface area contributed by atoms with Crippen LogP contribution >= 0.6 is 0 Å². The highest BCUT2D eigenvalue weighted by molar-refractivity contribution is 6.12. The van der Waals surface area contributed by atoms with Gasteiger partial charge in [-0.1, -0.05) is 19.9 Å². The van der Waals surface area contributed by atoms with Gasteiger partial charge in [0.05, 0.1) is 17.6 Å². The van der Waals surface area contributed by atoms with E-state index in [9.17, 15) is 4.79 Å². The molecule has 0 aliphatic carbocycles. The summed E-state index contributed by atoms with van der Waals surface area (Å²) in [7, 11) is 2.15. The number of likely N-dealkylation sites (N-methyl/N-ethyl adjacent to an activating group) is 1. The maximum Gasteiger partial charge on any atom is 0.246 e. The van der Waals surface area contributed by atoms with Gasteiger partial charge in [-0.05, 0) is 43.3 Å². The smallest absolute Gasteiger partial charge is 0.246 e. The third-order valence-electron chi connectivity index (χ3n) is 6.32. The third kappa shape index (κ3) is 5.14. The summed E-state index contributed by atoms with van der Waals surface area (Å²) in [5, 5.41) is 6.16. The largest absolute Gasteiger partial charge is 0.368 e. The average molecular weight is 471 g/mol. The van der Waals surface area contributed by atoms with Crippen molar-refractivity contribution in [3.05, 3.63) is 54.4 Å². The summed E-state index contributed by atoms with van der Waals surface area (Å²) in [6.07, 6.45) is 3.62. The highest BCUT2D eigenvalue weighted by Gasteiger charge is 2.20. The van der Waals surface area contributed by atoms with Crippen molar-refractivity contribution >= 4 is 34.8 Å². The van der Waals surface area contributed by atoms with Crippen molar-refractivity contribution in [2.75, 3.05) is 55.3 Å². The van der Waals surface area contributed by atoms with Gasteiger partial charge < -0.3 is 20.4 Å². The highest BCUT2D eigenvalue weighted by Crippen LogP contribution is 2.29. The molecule has 180 valence electrons. The van der Waals surface area contributed by atoms with E-state index in [1.54, 1.807) is 6.20 Å². The monoisotopic (exact) mass is 470 g/mol. The van der Waals surface area contributed by atoms with Gasteiger partial charge in [-0.3, -0.25) is 9.79 Å². The number of fused-ring (bicyclic) bond motifs is 1. The Balaban J connectivity index is 1.36. The molecule has 35 heavy (non-hydrogen) atoms. The van der Waals surface area contributed by atoms with Crippen LogP contribution in [0.1, 0.15) is 19.4 Å². The van der Waals surface area contributed by atoms with Crippen molar-refractivity contribution in [3.8, 4) is 11.3 Å². The first kappa shape index (κ1) is 22.9. The number of amides is 1. The molecule has 2 aliphatic rings. The molecule has 3 aromatic rings. The molecule has 1 aromatic carbocycles. The van der Waals surface area contributed by atoms with Crippen LogP contribution in [-0.4, -0.2) is 71.2 Å². The number of hydrogen-bond donors (Lipinski definition) is 2. The van der Waals surface area contributed by atoms with Crippen LogP contribution < -0.4 is 15.5 Å². The minimum atomic E-state index is -0.102. The number of carbonyl (C=O) groups is 1. The first-order valence-electron chi connectivity index (χ1n) is 11.9. The van der Waals surface area contributed by atoms with Crippen LogP contribution in [0.15, 0.2) is 53.8 Å². The highest BCUT2D eigenvalue weighted by atomic mass is 16.1. The number of benzene rings is 1. The lowest BCUT2D eigenvalue weighted by Crippen LogP contribution is -2.44. The Morgan fingerprint density at radius 3 is 2.60 bits per heavy atom. The van der Waals surface area contributed by atoms with E-state index in [2.05, 4.69) is 62.4 Å². The van der Waals surface area contributed by atoms with Crippen LogP contribution in [0.2, 0.25) is 0 Å². The van der Waals surface area contributed by atoms with Gasteiger partial charge in [0.15, 0.2) is 0 Å². The van der Waals surface area contributed by atoms with Crippen LogP contribution in [-0.2, 0) is 4.79 Å². The van der Waals surface area contributed by atoms with E-state index in [1.807, 2.05) is 36.5 Å². The first-order chi connectivity index (χ1) is 17.0. The number of aromatic nitrogens is 3.